The normalized spacial score (nSPS) is 18.1. The predicted molar refractivity (Wildman–Crippen MR) is 79.3 cm³/mol. The van der Waals surface area contributed by atoms with Gasteiger partial charge in [0.05, 0.1) is 0 Å². The molecule has 2 N–H and O–H groups in total. The highest BCUT2D eigenvalue weighted by Gasteiger charge is 2.18. The minimum atomic E-state index is 0.574. The molecule has 1 aliphatic carbocycles. The van der Waals surface area contributed by atoms with Gasteiger partial charge in [0.25, 0.3) is 0 Å². The van der Waals surface area contributed by atoms with Crippen molar-refractivity contribution in [3.05, 3.63) is 22.8 Å². The zero-order valence-electron chi connectivity index (χ0n) is 12.4. The lowest BCUT2D eigenvalue weighted by Gasteiger charge is -2.20. The quantitative estimate of drug-likeness (QED) is 0.907. The Labute approximate surface area is 117 Å². The molecule has 0 aliphatic heterocycles. The summed E-state index contributed by atoms with van der Waals surface area (Å²) in [6, 6.07) is 0. The van der Waals surface area contributed by atoms with E-state index in [1.54, 1.807) is 0 Å². The molecule has 106 valence electrons. The average molecular weight is 261 g/mol. The van der Waals surface area contributed by atoms with Crippen LogP contribution in [-0.2, 0) is 6.42 Å². The minimum Gasteiger partial charge on any atom is -0.330 e. The lowest BCUT2D eigenvalue weighted by atomic mass is 9.90. The van der Waals surface area contributed by atoms with Crippen molar-refractivity contribution in [3.8, 4) is 0 Å². The summed E-state index contributed by atoms with van der Waals surface area (Å²) < 4.78 is 0. The van der Waals surface area contributed by atoms with E-state index < -0.39 is 0 Å². The molecule has 1 saturated carbocycles. The zero-order chi connectivity index (χ0) is 13.7. The number of aryl methyl sites for hydroxylation is 2. The Morgan fingerprint density at radius 2 is 1.47 bits per heavy atom. The number of aromatic nitrogens is 2. The molecule has 19 heavy (non-hydrogen) atoms. The third-order valence-electron chi connectivity index (χ3n) is 4.30. The lowest BCUT2D eigenvalue weighted by Crippen LogP contribution is -2.13. The van der Waals surface area contributed by atoms with Crippen LogP contribution in [0.15, 0.2) is 0 Å². The Morgan fingerprint density at radius 1 is 0.947 bits per heavy atom. The molecule has 3 nitrogen and oxygen atoms in total. The lowest BCUT2D eigenvalue weighted by molar-refractivity contribution is 0.441. The highest BCUT2D eigenvalue weighted by molar-refractivity contribution is 5.25. The Bertz CT molecular complexity index is 383. The first kappa shape index (κ1) is 14.4. The molecule has 0 spiro atoms. The molecule has 1 heterocycles. The van der Waals surface area contributed by atoms with Crippen molar-refractivity contribution in [3.63, 3.8) is 0 Å². The van der Waals surface area contributed by atoms with E-state index in [1.165, 1.54) is 50.5 Å². The fourth-order valence-electron chi connectivity index (χ4n) is 3.17. The van der Waals surface area contributed by atoms with Gasteiger partial charge in [-0.1, -0.05) is 32.1 Å². The summed E-state index contributed by atoms with van der Waals surface area (Å²) in [4.78, 5) is 9.56. The second kappa shape index (κ2) is 6.99. The van der Waals surface area contributed by atoms with E-state index in [9.17, 15) is 0 Å². The first-order valence-corrected chi connectivity index (χ1v) is 7.76. The fourth-order valence-corrected chi connectivity index (χ4v) is 3.17. The molecule has 0 amide bonds. The molecule has 1 aromatic heterocycles. The Kier molecular flexibility index (Phi) is 5.32. The van der Waals surface area contributed by atoms with E-state index in [-0.39, 0.29) is 0 Å². The average Bonchev–Trinajstić information content (AvgIpc) is 2.33. The molecule has 3 heteroatoms. The molecule has 0 atom stereocenters. The molecule has 0 unspecified atom stereocenters. The minimum absolute atomic E-state index is 0.574. The SMILES string of the molecule is Cc1nc(C2CCCCCCC2)nc(C)c1CCN. The zero-order valence-corrected chi connectivity index (χ0v) is 12.4. The molecule has 1 aliphatic rings. The second-order valence-electron chi connectivity index (χ2n) is 5.81. The third kappa shape index (κ3) is 3.75. The van der Waals surface area contributed by atoms with E-state index in [2.05, 4.69) is 13.8 Å². The van der Waals surface area contributed by atoms with Gasteiger partial charge in [0, 0.05) is 17.3 Å². The molecular formula is C16H27N3. The summed E-state index contributed by atoms with van der Waals surface area (Å²) in [5.41, 5.74) is 9.18. The van der Waals surface area contributed by atoms with Gasteiger partial charge in [-0.2, -0.15) is 0 Å². The van der Waals surface area contributed by atoms with Crippen molar-refractivity contribution in [1.82, 2.24) is 9.97 Å². The van der Waals surface area contributed by atoms with Crippen LogP contribution >= 0.6 is 0 Å². The van der Waals surface area contributed by atoms with Crippen LogP contribution in [-0.4, -0.2) is 16.5 Å². The van der Waals surface area contributed by atoms with Gasteiger partial charge in [-0.05, 0) is 45.2 Å². The summed E-state index contributed by atoms with van der Waals surface area (Å²) in [6.45, 7) is 4.88. The van der Waals surface area contributed by atoms with Crippen LogP contribution < -0.4 is 5.73 Å². The van der Waals surface area contributed by atoms with Gasteiger partial charge < -0.3 is 5.73 Å². The van der Waals surface area contributed by atoms with Crippen molar-refractivity contribution >= 4 is 0 Å². The third-order valence-corrected chi connectivity index (χ3v) is 4.30. The maximum atomic E-state index is 5.66. The van der Waals surface area contributed by atoms with Crippen molar-refractivity contribution < 1.29 is 0 Å². The summed E-state index contributed by atoms with van der Waals surface area (Å²) >= 11 is 0. The molecular weight excluding hydrogens is 234 g/mol. The molecule has 0 radical (unpaired) electrons. The monoisotopic (exact) mass is 261 g/mol. The molecule has 1 fully saturated rings. The molecule has 0 bridgehead atoms. The maximum Gasteiger partial charge on any atom is 0.131 e. The van der Waals surface area contributed by atoms with Crippen molar-refractivity contribution in [2.24, 2.45) is 5.73 Å². The highest BCUT2D eigenvalue weighted by atomic mass is 14.9. The Balaban J connectivity index is 2.19. The van der Waals surface area contributed by atoms with Gasteiger partial charge in [-0.25, -0.2) is 9.97 Å². The topological polar surface area (TPSA) is 51.8 Å². The van der Waals surface area contributed by atoms with E-state index >= 15 is 0 Å². The fraction of sp³-hybridized carbons (Fsp3) is 0.750. The van der Waals surface area contributed by atoms with E-state index in [1.807, 2.05) is 0 Å². The van der Waals surface area contributed by atoms with E-state index in [0.29, 0.717) is 12.5 Å². The summed E-state index contributed by atoms with van der Waals surface area (Å²) in [7, 11) is 0. The number of hydrogen-bond donors (Lipinski definition) is 1. The summed E-state index contributed by atoms with van der Waals surface area (Å²) in [6.07, 6.45) is 10.2. The second-order valence-corrected chi connectivity index (χ2v) is 5.81. The number of hydrogen-bond acceptors (Lipinski definition) is 3. The molecule has 1 aromatic rings. The molecule has 0 saturated heterocycles. The van der Waals surface area contributed by atoms with Crippen LogP contribution in [0.4, 0.5) is 0 Å². The van der Waals surface area contributed by atoms with Crippen LogP contribution in [0.1, 0.15) is 73.6 Å². The first-order chi connectivity index (χ1) is 9.22. The van der Waals surface area contributed by atoms with Gasteiger partial charge in [0.1, 0.15) is 5.82 Å². The van der Waals surface area contributed by atoms with Crippen LogP contribution in [0, 0.1) is 13.8 Å². The van der Waals surface area contributed by atoms with Crippen LogP contribution in [0.2, 0.25) is 0 Å². The highest BCUT2D eigenvalue weighted by Crippen LogP contribution is 2.29. The van der Waals surface area contributed by atoms with E-state index in [0.717, 1.165) is 23.6 Å². The standard InChI is InChI=1S/C16H27N3/c1-12-15(10-11-17)13(2)19-16(18-12)14-8-6-4-3-5-7-9-14/h14H,3-11,17H2,1-2H3. The predicted octanol–water partition coefficient (Wildman–Crippen LogP) is 3.42. The summed E-state index contributed by atoms with van der Waals surface area (Å²) in [5, 5.41) is 0. The maximum absolute atomic E-state index is 5.66. The van der Waals surface area contributed by atoms with Gasteiger partial charge in [-0.15, -0.1) is 0 Å². The van der Waals surface area contributed by atoms with Crippen LogP contribution in [0.3, 0.4) is 0 Å². The van der Waals surface area contributed by atoms with E-state index in [4.69, 9.17) is 15.7 Å². The molecule has 2 rings (SSSR count). The number of nitrogens with zero attached hydrogens (tertiary/aromatic N) is 2. The van der Waals surface area contributed by atoms with Crippen molar-refractivity contribution in [2.45, 2.75) is 71.1 Å². The van der Waals surface area contributed by atoms with Gasteiger partial charge >= 0.3 is 0 Å². The number of rotatable bonds is 3. The first-order valence-electron chi connectivity index (χ1n) is 7.76. The molecule has 0 aromatic carbocycles. The Morgan fingerprint density at radius 3 is 2.00 bits per heavy atom. The van der Waals surface area contributed by atoms with Gasteiger partial charge in [0.15, 0.2) is 0 Å². The van der Waals surface area contributed by atoms with Crippen LogP contribution in [0.25, 0.3) is 0 Å². The van der Waals surface area contributed by atoms with Crippen LogP contribution in [0.5, 0.6) is 0 Å². The van der Waals surface area contributed by atoms with Crippen molar-refractivity contribution in [2.75, 3.05) is 6.54 Å². The number of nitrogens with two attached hydrogens (primary N) is 1. The summed E-state index contributed by atoms with van der Waals surface area (Å²) in [5.74, 6) is 1.65. The van der Waals surface area contributed by atoms with Crippen molar-refractivity contribution in [1.29, 1.82) is 0 Å². The van der Waals surface area contributed by atoms with Gasteiger partial charge in [-0.3, -0.25) is 0 Å². The smallest absolute Gasteiger partial charge is 0.131 e. The van der Waals surface area contributed by atoms with Gasteiger partial charge in [0.2, 0.25) is 0 Å². The Hall–Kier alpha value is -0.960. The largest absolute Gasteiger partial charge is 0.330 e.